The second-order valence-electron chi connectivity index (χ2n) is 20.4. The van der Waals surface area contributed by atoms with E-state index in [1.54, 1.807) is 0 Å². The Morgan fingerprint density at radius 1 is 0.365 bits per heavy atom. The molecule has 0 aromatic carbocycles. The molecule has 2 unspecified atom stereocenters. The van der Waals surface area contributed by atoms with E-state index in [0.717, 1.165) is 57.8 Å². The fourth-order valence-corrected chi connectivity index (χ4v) is 8.07. The highest BCUT2D eigenvalue weighted by Crippen LogP contribution is 2.14. The molecular formula is C55H96N8O22. The largest absolute Gasteiger partial charge is 0.481 e. The Hall–Kier alpha value is -6.60. The van der Waals surface area contributed by atoms with Crippen molar-refractivity contribution < 1.29 is 107 Å². The number of aliphatic hydroxyl groups excluding tert-OH is 1. The van der Waals surface area contributed by atoms with Gasteiger partial charge in [-0.2, -0.15) is 0 Å². The zero-order valence-corrected chi connectivity index (χ0v) is 49.2. The van der Waals surface area contributed by atoms with Crippen LogP contribution < -0.4 is 43.0 Å². The molecule has 30 nitrogen and oxygen atoms in total. The number of carbonyl (C=O) groups excluding carboxylic acids is 7. The lowest BCUT2D eigenvalue weighted by Gasteiger charge is -2.19. The van der Waals surface area contributed by atoms with E-state index in [2.05, 4.69) is 37.2 Å². The van der Waals surface area contributed by atoms with Crippen LogP contribution in [0.25, 0.3) is 0 Å². The molecule has 0 saturated carbocycles. The van der Waals surface area contributed by atoms with Crippen molar-refractivity contribution in [1.82, 2.24) is 37.2 Å². The molecule has 0 bridgehead atoms. The fraction of sp³-hybridized carbons (Fsp3) is 0.782. The van der Waals surface area contributed by atoms with Crippen LogP contribution >= 0.6 is 0 Å². The molecule has 30 heteroatoms. The maximum absolute atomic E-state index is 12.6. The van der Waals surface area contributed by atoms with Crippen molar-refractivity contribution in [2.45, 2.75) is 204 Å². The summed E-state index contributed by atoms with van der Waals surface area (Å²) >= 11 is 0. The van der Waals surface area contributed by atoms with Crippen LogP contribution in [0.15, 0.2) is 0 Å². The number of carboxylic acid groups (broad SMARTS) is 5. The molecule has 488 valence electrons. The van der Waals surface area contributed by atoms with Gasteiger partial charge < -0.3 is 92.5 Å². The van der Waals surface area contributed by atoms with Crippen molar-refractivity contribution in [3.05, 3.63) is 0 Å². The summed E-state index contributed by atoms with van der Waals surface area (Å²) in [6, 6.07) is -6.68. The van der Waals surface area contributed by atoms with Gasteiger partial charge in [0.1, 0.15) is 31.3 Å². The van der Waals surface area contributed by atoms with E-state index in [1.165, 1.54) is 32.6 Å². The predicted octanol–water partition coefficient (Wildman–Crippen LogP) is 0.224. The van der Waals surface area contributed by atoms with Gasteiger partial charge in [-0.25, -0.2) is 19.2 Å². The van der Waals surface area contributed by atoms with Gasteiger partial charge in [-0.3, -0.25) is 38.4 Å². The number of unbranched alkanes of at least 4 members (excludes halogenated alkanes) is 14. The minimum absolute atomic E-state index is 0.0300. The molecule has 0 aliphatic rings. The minimum atomic E-state index is -1.51. The van der Waals surface area contributed by atoms with Gasteiger partial charge in [-0.15, -0.1) is 0 Å². The molecule has 0 heterocycles. The number of hydrogen-bond acceptors (Lipinski definition) is 18. The molecule has 0 saturated heterocycles. The van der Waals surface area contributed by atoms with Crippen molar-refractivity contribution >= 4 is 71.2 Å². The Balaban J connectivity index is 4.04. The molecule has 0 radical (unpaired) electrons. The average Bonchev–Trinajstić information content (AvgIpc) is 3.55. The lowest BCUT2D eigenvalue weighted by molar-refractivity contribution is -0.145. The van der Waals surface area contributed by atoms with Gasteiger partial charge >= 0.3 is 29.8 Å². The van der Waals surface area contributed by atoms with Gasteiger partial charge in [-0.05, 0) is 58.3 Å². The quantitative estimate of drug-likeness (QED) is 0.0362. The fourth-order valence-electron chi connectivity index (χ4n) is 8.07. The third kappa shape index (κ3) is 46.4. The number of rotatable bonds is 57. The van der Waals surface area contributed by atoms with Crippen LogP contribution in [0.5, 0.6) is 0 Å². The first kappa shape index (κ1) is 78.4. The van der Waals surface area contributed by atoms with E-state index in [0.29, 0.717) is 19.3 Å². The molecule has 0 aromatic rings. The highest BCUT2D eigenvalue weighted by molar-refractivity contribution is 5.88. The smallest absolute Gasteiger partial charge is 0.328 e. The van der Waals surface area contributed by atoms with E-state index in [4.69, 9.17) is 34.9 Å². The second kappa shape index (κ2) is 50.7. The summed E-state index contributed by atoms with van der Waals surface area (Å²) < 4.78 is 21.2. The maximum atomic E-state index is 12.6. The van der Waals surface area contributed by atoms with Gasteiger partial charge in [0.2, 0.25) is 41.4 Å². The van der Waals surface area contributed by atoms with Crippen LogP contribution in [0.2, 0.25) is 0 Å². The summed E-state index contributed by atoms with van der Waals surface area (Å²) in [4.78, 5) is 143. The summed E-state index contributed by atoms with van der Waals surface area (Å²) in [7, 11) is 0. The molecule has 7 amide bonds. The standard InChI is InChI=1S/C55H96N8O22/c1-38(64)50(55(80)81)63-51(73)39(56)18-16-17-27-57-43(65)24-22-42(54(78)79)62-48(70)37-85-35-33-83-31-29-59-47(69)36-84-34-32-82-30-28-58-44(66)25-21-40(52(74)75)61-46(68)26-23-41(53(76)77)60-45(67)19-14-12-10-8-6-4-2-3-5-7-9-11-13-15-20-49(71)72/h38-42,50,64H,2-37,56H2,1H3,(H,57,65)(H,58,66)(H,59,69)(H,60,67)(H,61,68)(H,62,70)(H,63,73)(H,71,72)(H,74,75)(H,76,77)(H,78,79)(H,80,81)/t38-,39+,40+,41?,42+,50?/m1/s1. The van der Waals surface area contributed by atoms with E-state index in [9.17, 15) is 78.0 Å². The van der Waals surface area contributed by atoms with Gasteiger partial charge in [0, 0.05) is 51.7 Å². The first-order valence-electron chi connectivity index (χ1n) is 29.4. The van der Waals surface area contributed by atoms with Crippen molar-refractivity contribution in [3.8, 4) is 0 Å². The van der Waals surface area contributed by atoms with Gasteiger partial charge in [0.25, 0.3) is 0 Å². The summed E-state index contributed by atoms with van der Waals surface area (Å²) in [5, 5.41) is 72.8. The van der Waals surface area contributed by atoms with Gasteiger partial charge in [-0.1, -0.05) is 77.0 Å². The summed E-state index contributed by atoms with van der Waals surface area (Å²) in [5.41, 5.74) is 5.78. The number of hydrogen-bond donors (Lipinski definition) is 14. The normalized spacial score (nSPS) is 13.2. The van der Waals surface area contributed by atoms with Crippen LogP contribution in [0.4, 0.5) is 0 Å². The number of carboxylic acids is 5. The van der Waals surface area contributed by atoms with E-state index >= 15 is 0 Å². The minimum Gasteiger partial charge on any atom is -0.481 e. The summed E-state index contributed by atoms with van der Waals surface area (Å²) in [6.07, 6.45) is 12.8. The SMILES string of the molecule is C[C@@H](O)C(NC(=O)[C@@H](N)CCCCNC(=O)CC[C@H](NC(=O)COCCOCCNC(=O)COCCOCCNC(=O)CC[C@H](NC(=O)CCC(NC(=O)CCCCCCCCCCCCCCCCC(=O)O)C(=O)O)C(=O)O)C(=O)O)C(=O)O. The molecule has 85 heavy (non-hydrogen) atoms. The zero-order chi connectivity index (χ0) is 63.6. The number of aliphatic hydroxyl groups is 1. The maximum Gasteiger partial charge on any atom is 0.328 e. The molecule has 6 atom stereocenters. The Morgan fingerprint density at radius 3 is 1.15 bits per heavy atom. The van der Waals surface area contributed by atoms with Crippen molar-refractivity contribution in [3.63, 3.8) is 0 Å². The Morgan fingerprint density at radius 2 is 0.729 bits per heavy atom. The third-order valence-corrected chi connectivity index (χ3v) is 12.9. The topological polar surface area (TPSA) is 473 Å². The zero-order valence-electron chi connectivity index (χ0n) is 49.2. The number of ether oxygens (including phenoxy) is 4. The number of amides is 7. The van der Waals surface area contributed by atoms with Crippen LogP contribution in [0.1, 0.15) is 167 Å². The molecule has 0 aromatic heterocycles. The van der Waals surface area contributed by atoms with Crippen molar-refractivity contribution in [2.75, 3.05) is 72.5 Å². The van der Waals surface area contributed by atoms with Crippen LogP contribution in [0.3, 0.4) is 0 Å². The van der Waals surface area contributed by atoms with Crippen LogP contribution in [-0.2, 0) is 76.5 Å². The second-order valence-corrected chi connectivity index (χ2v) is 20.4. The van der Waals surface area contributed by atoms with E-state index in [1.807, 2.05) is 0 Å². The highest BCUT2D eigenvalue weighted by Gasteiger charge is 2.28. The van der Waals surface area contributed by atoms with Crippen molar-refractivity contribution in [2.24, 2.45) is 5.73 Å². The summed E-state index contributed by atoms with van der Waals surface area (Å²) in [5.74, 6) is -10.3. The molecule has 0 fully saturated rings. The Kier molecular flexibility index (Phi) is 46.8. The number of carbonyl (C=O) groups is 12. The number of nitrogens with one attached hydrogen (secondary N) is 7. The molecule has 15 N–H and O–H groups in total. The van der Waals surface area contributed by atoms with Crippen molar-refractivity contribution in [1.29, 1.82) is 0 Å². The van der Waals surface area contributed by atoms with Gasteiger partial charge in [0.15, 0.2) is 6.04 Å². The number of aliphatic carboxylic acids is 5. The Labute approximate surface area is 496 Å². The molecular weight excluding hydrogens is 1120 g/mol. The lowest BCUT2D eigenvalue weighted by Crippen LogP contribution is -2.52. The monoisotopic (exact) mass is 1220 g/mol. The van der Waals surface area contributed by atoms with E-state index < -0.39 is 114 Å². The predicted molar refractivity (Wildman–Crippen MR) is 303 cm³/mol. The van der Waals surface area contributed by atoms with Crippen LogP contribution in [-0.4, -0.2) is 211 Å². The van der Waals surface area contributed by atoms with E-state index in [-0.39, 0.29) is 124 Å². The highest BCUT2D eigenvalue weighted by atomic mass is 16.5. The first-order valence-corrected chi connectivity index (χ1v) is 29.4. The molecule has 0 aliphatic heterocycles. The molecule has 0 aliphatic carbocycles. The number of nitrogens with two attached hydrogens (primary N) is 1. The first-order chi connectivity index (χ1) is 40.5. The summed E-state index contributed by atoms with van der Waals surface area (Å²) in [6.45, 7) is 1.16. The molecule has 0 spiro atoms. The van der Waals surface area contributed by atoms with Crippen LogP contribution in [0, 0.1) is 0 Å². The lowest BCUT2D eigenvalue weighted by atomic mass is 10.0. The third-order valence-electron chi connectivity index (χ3n) is 12.9. The molecule has 0 rings (SSSR count). The van der Waals surface area contributed by atoms with Gasteiger partial charge in [0.05, 0.1) is 51.8 Å². The Bertz CT molecular complexity index is 2000. The average molecular weight is 1220 g/mol.